The molecule has 0 fully saturated rings. The number of nitro groups is 1. The van der Waals surface area contributed by atoms with Crippen LogP contribution in [0.2, 0.25) is 5.02 Å². The van der Waals surface area contributed by atoms with E-state index in [9.17, 15) is 10.1 Å². The molecule has 0 aliphatic carbocycles. The number of rotatable bonds is 6. The van der Waals surface area contributed by atoms with Crippen LogP contribution in [0.3, 0.4) is 0 Å². The first-order valence-corrected chi connectivity index (χ1v) is 6.88. The van der Waals surface area contributed by atoms with Gasteiger partial charge in [0.2, 0.25) is 0 Å². The summed E-state index contributed by atoms with van der Waals surface area (Å²) in [5.74, 6) is 0.713. The van der Waals surface area contributed by atoms with Gasteiger partial charge in [-0.15, -0.1) is 0 Å². The fraction of sp³-hybridized carbons (Fsp3) is 0.200. The number of anilines is 1. The maximum Gasteiger partial charge on any atom is 0.274 e. The molecule has 2 aromatic carbocycles. The molecule has 0 spiro atoms. The average molecular weight is 307 g/mol. The number of nitrogens with one attached hydrogen (secondary N) is 1. The number of nitrogens with zero attached hydrogens (tertiary/aromatic N) is 1. The van der Waals surface area contributed by atoms with Gasteiger partial charge < -0.3 is 10.1 Å². The molecule has 0 heterocycles. The minimum atomic E-state index is -0.415. The third kappa shape index (κ3) is 3.86. The fourth-order valence-corrected chi connectivity index (χ4v) is 2.15. The van der Waals surface area contributed by atoms with E-state index in [0.717, 1.165) is 5.69 Å². The zero-order valence-electron chi connectivity index (χ0n) is 11.5. The summed E-state index contributed by atoms with van der Waals surface area (Å²) < 4.78 is 5.50. The first kappa shape index (κ1) is 15.1. The van der Waals surface area contributed by atoms with Crippen molar-refractivity contribution < 1.29 is 9.66 Å². The van der Waals surface area contributed by atoms with Crippen LogP contribution >= 0.6 is 11.6 Å². The summed E-state index contributed by atoms with van der Waals surface area (Å²) in [5.41, 5.74) is 1.35. The topological polar surface area (TPSA) is 64.4 Å². The zero-order valence-corrected chi connectivity index (χ0v) is 12.3. The van der Waals surface area contributed by atoms with Crippen molar-refractivity contribution in [2.75, 3.05) is 11.9 Å². The largest absolute Gasteiger partial charge is 0.492 e. The molecule has 0 unspecified atom stereocenters. The molecule has 0 aromatic heterocycles. The minimum absolute atomic E-state index is 0.0424. The van der Waals surface area contributed by atoms with E-state index < -0.39 is 4.92 Å². The van der Waals surface area contributed by atoms with E-state index in [-0.39, 0.29) is 5.69 Å². The third-order valence-corrected chi connectivity index (χ3v) is 3.13. The smallest absolute Gasteiger partial charge is 0.274 e. The Labute approximate surface area is 127 Å². The van der Waals surface area contributed by atoms with Crippen LogP contribution in [0.25, 0.3) is 0 Å². The van der Waals surface area contributed by atoms with Crippen LogP contribution in [0.1, 0.15) is 12.5 Å². The molecule has 0 aliphatic rings. The quantitative estimate of drug-likeness (QED) is 0.640. The lowest BCUT2D eigenvalue weighted by Gasteiger charge is -2.12. The lowest BCUT2D eigenvalue weighted by Crippen LogP contribution is -2.05. The summed E-state index contributed by atoms with van der Waals surface area (Å²) in [5, 5.41) is 14.6. The van der Waals surface area contributed by atoms with Crippen molar-refractivity contribution in [3.05, 3.63) is 63.2 Å². The van der Waals surface area contributed by atoms with E-state index in [1.165, 1.54) is 12.1 Å². The van der Waals surface area contributed by atoms with Crippen molar-refractivity contribution in [2.24, 2.45) is 0 Å². The Morgan fingerprint density at radius 3 is 2.76 bits per heavy atom. The van der Waals surface area contributed by atoms with Gasteiger partial charge in [0.1, 0.15) is 5.75 Å². The van der Waals surface area contributed by atoms with Gasteiger partial charge >= 0.3 is 0 Å². The lowest BCUT2D eigenvalue weighted by atomic mass is 10.1. The molecule has 110 valence electrons. The van der Waals surface area contributed by atoms with E-state index in [2.05, 4.69) is 5.32 Å². The molecule has 6 heteroatoms. The van der Waals surface area contributed by atoms with E-state index in [0.29, 0.717) is 29.5 Å². The highest BCUT2D eigenvalue weighted by Crippen LogP contribution is 2.27. The van der Waals surface area contributed by atoms with Crippen molar-refractivity contribution >= 4 is 23.0 Å². The molecule has 21 heavy (non-hydrogen) atoms. The van der Waals surface area contributed by atoms with Crippen LogP contribution in [0.15, 0.2) is 42.5 Å². The summed E-state index contributed by atoms with van der Waals surface area (Å²) in [6, 6.07) is 12.0. The monoisotopic (exact) mass is 306 g/mol. The van der Waals surface area contributed by atoms with Crippen LogP contribution in [-0.4, -0.2) is 11.5 Å². The molecule has 0 radical (unpaired) electrons. The van der Waals surface area contributed by atoms with Gasteiger partial charge in [0.15, 0.2) is 0 Å². The summed E-state index contributed by atoms with van der Waals surface area (Å²) in [6.07, 6.45) is 0. The van der Waals surface area contributed by atoms with Crippen molar-refractivity contribution in [1.82, 2.24) is 0 Å². The third-order valence-electron chi connectivity index (χ3n) is 2.89. The molecule has 1 N–H and O–H groups in total. The molecule has 0 amide bonds. The molecule has 2 rings (SSSR count). The minimum Gasteiger partial charge on any atom is -0.492 e. The Kier molecular flexibility index (Phi) is 5.00. The van der Waals surface area contributed by atoms with Crippen molar-refractivity contribution in [2.45, 2.75) is 13.5 Å². The van der Waals surface area contributed by atoms with Crippen LogP contribution in [0.5, 0.6) is 5.75 Å². The maximum absolute atomic E-state index is 11.0. The Hall–Kier alpha value is -2.27. The van der Waals surface area contributed by atoms with Crippen molar-refractivity contribution in [3.63, 3.8) is 0 Å². The van der Waals surface area contributed by atoms with Crippen molar-refractivity contribution in [3.8, 4) is 5.75 Å². The van der Waals surface area contributed by atoms with E-state index >= 15 is 0 Å². The van der Waals surface area contributed by atoms with Gasteiger partial charge in [-0.25, -0.2) is 0 Å². The number of hydrogen-bond donors (Lipinski definition) is 1. The Morgan fingerprint density at radius 1 is 1.29 bits per heavy atom. The molecular formula is C15H15ClN2O3. The molecule has 0 aliphatic heterocycles. The van der Waals surface area contributed by atoms with Gasteiger partial charge in [-0.1, -0.05) is 23.7 Å². The maximum atomic E-state index is 11.0. The Bertz CT molecular complexity index is 647. The highest BCUT2D eigenvalue weighted by molar-refractivity contribution is 6.30. The first-order valence-electron chi connectivity index (χ1n) is 6.50. The standard InChI is InChI=1S/C15H15ClN2O3/c1-2-21-15-6-4-3-5-13(15)17-10-11-9-12(16)7-8-14(11)18(19)20/h3-9,17H,2,10H2,1H3. The number of para-hydroxylation sites is 2. The predicted molar refractivity (Wildman–Crippen MR) is 83.0 cm³/mol. The fourth-order valence-electron chi connectivity index (χ4n) is 1.96. The molecule has 2 aromatic rings. The number of ether oxygens (including phenoxy) is 1. The summed E-state index contributed by atoms with van der Waals surface area (Å²) in [4.78, 5) is 10.6. The SMILES string of the molecule is CCOc1ccccc1NCc1cc(Cl)ccc1[N+](=O)[O-]. The van der Waals surface area contributed by atoms with Crippen molar-refractivity contribution in [1.29, 1.82) is 0 Å². The highest BCUT2D eigenvalue weighted by atomic mass is 35.5. The molecule has 0 atom stereocenters. The van der Waals surface area contributed by atoms with Gasteiger partial charge in [-0.3, -0.25) is 10.1 Å². The molecular weight excluding hydrogens is 292 g/mol. The summed E-state index contributed by atoms with van der Waals surface area (Å²) in [7, 11) is 0. The number of nitro benzene ring substituents is 1. The molecule has 5 nitrogen and oxygen atoms in total. The summed E-state index contributed by atoms with van der Waals surface area (Å²) >= 11 is 5.91. The van der Waals surface area contributed by atoms with E-state index in [1.807, 2.05) is 31.2 Å². The van der Waals surface area contributed by atoms with E-state index in [4.69, 9.17) is 16.3 Å². The van der Waals surface area contributed by atoms with Crippen LogP contribution in [-0.2, 0) is 6.54 Å². The second kappa shape index (κ2) is 6.95. The van der Waals surface area contributed by atoms with Crippen LogP contribution in [0.4, 0.5) is 11.4 Å². The predicted octanol–water partition coefficient (Wildman–Crippen LogP) is 4.26. The van der Waals surface area contributed by atoms with Gasteiger partial charge in [0, 0.05) is 17.6 Å². The second-order valence-electron chi connectivity index (χ2n) is 4.31. The van der Waals surface area contributed by atoms with Gasteiger partial charge in [-0.05, 0) is 31.2 Å². The van der Waals surface area contributed by atoms with Crippen LogP contribution in [0, 0.1) is 10.1 Å². The van der Waals surface area contributed by atoms with Gasteiger partial charge in [0.25, 0.3) is 5.69 Å². The first-order chi connectivity index (χ1) is 10.1. The van der Waals surface area contributed by atoms with Gasteiger partial charge in [0.05, 0.1) is 22.8 Å². The highest BCUT2D eigenvalue weighted by Gasteiger charge is 2.14. The molecule has 0 bridgehead atoms. The average Bonchev–Trinajstić information content (AvgIpc) is 2.46. The second-order valence-corrected chi connectivity index (χ2v) is 4.75. The zero-order chi connectivity index (χ0) is 15.2. The summed E-state index contributed by atoms with van der Waals surface area (Å²) in [6.45, 7) is 2.75. The van der Waals surface area contributed by atoms with Gasteiger partial charge in [-0.2, -0.15) is 0 Å². The normalized spacial score (nSPS) is 10.2. The molecule has 0 saturated heterocycles. The Balaban J connectivity index is 2.20. The molecule has 0 saturated carbocycles. The number of hydrogen-bond acceptors (Lipinski definition) is 4. The lowest BCUT2D eigenvalue weighted by molar-refractivity contribution is -0.385. The Morgan fingerprint density at radius 2 is 2.05 bits per heavy atom. The van der Waals surface area contributed by atoms with Crippen LogP contribution < -0.4 is 10.1 Å². The van der Waals surface area contributed by atoms with E-state index in [1.54, 1.807) is 6.07 Å². The number of benzene rings is 2. The number of halogens is 1.